The first kappa shape index (κ1) is 46.8. The fourth-order valence-electron chi connectivity index (χ4n) is 5.00. The molecule has 0 spiro atoms. The van der Waals surface area contributed by atoms with Crippen molar-refractivity contribution in [2.75, 3.05) is 73.9 Å². The van der Waals surface area contributed by atoms with Crippen LogP contribution in [-0.4, -0.2) is 98.9 Å². The number of carboxylic acids is 2. The summed E-state index contributed by atoms with van der Waals surface area (Å²) in [4.78, 5) is 19.9. The largest absolute Gasteiger partial charge is 0.744 e. The van der Waals surface area contributed by atoms with Gasteiger partial charge in [0.1, 0.15) is 10.1 Å². The van der Waals surface area contributed by atoms with E-state index in [0.29, 0.717) is 18.2 Å². The number of aromatic carboxylic acids is 2. The maximum absolute atomic E-state index is 10.6. The van der Waals surface area contributed by atoms with Gasteiger partial charge in [0.25, 0.3) is 0 Å². The fourth-order valence-corrected chi connectivity index (χ4v) is 13.6. The van der Waals surface area contributed by atoms with Crippen LogP contribution in [0.25, 0.3) is 0 Å². The molecule has 0 amide bonds. The molecule has 1 aromatic carbocycles. The van der Waals surface area contributed by atoms with Gasteiger partial charge in [-0.3, -0.25) is 0 Å². The van der Waals surface area contributed by atoms with Gasteiger partial charge < -0.3 is 24.4 Å². The van der Waals surface area contributed by atoms with E-state index >= 15 is 0 Å². The third-order valence-corrected chi connectivity index (χ3v) is 26.6. The van der Waals surface area contributed by atoms with Crippen molar-refractivity contribution < 1.29 is 32.8 Å². The molecule has 1 aromatic rings. The van der Waals surface area contributed by atoms with Gasteiger partial charge in [0, 0.05) is 21.8 Å². The molecular formula is C32H63O7P3S. The Morgan fingerprint density at radius 3 is 0.767 bits per heavy atom. The Morgan fingerprint density at radius 1 is 0.488 bits per heavy atom. The lowest BCUT2D eigenvalue weighted by atomic mass is 10.1. The number of hydrogen-bond acceptors (Lipinski definition) is 7. The lowest BCUT2D eigenvalue weighted by Gasteiger charge is -2.20. The molecular weight excluding hydrogens is 621 g/mol. The molecule has 0 saturated carbocycles. The minimum atomic E-state index is -4.95. The van der Waals surface area contributed by atoms with Gasteiger partial charge >= 0.3 is 0 Å². The van der Waals surface area contributed by atoms with E-state index in [9.17, 15) is 32.8 Å². The van der Waals surface area contributed by atoms with E-state index in [1.165, 1.54) is 73.9 Å². The summed E-state index contributed by atoms with van der Waals surface area (Å²) >= 11 is 0. The minimum absolute atomic E-state index is 0.420. The van der Waals surface area contributed by atoms with Gasteiger partial charge in [0.2, 0.25) is 0 Å². The molecule has 0 heterocycles. The molecule has 7 nitrogen and oxygen atoms in total. The highest BCUT2D eigenvalue weighted by molar-refractivity contribution is 7.85. The molecule has 0 unspecified atom stereocenters. The van der Waals surface area contributed by atoms with Gasteiger partial charge in [-0.1, -0.05) is 0 Å². The second-order valence-corrected chi connectivity index (χ2v) is 27.6. The molecule has 0 N–H and O–H groups in total. The van der Waals surface area contributed by atoms with Crippen LogP contribution in [0.5, 0.6) is 0 Å². The number of hydrogen-bond donors (Lipinski definition) is 0. The fraction of sp³-hybridized carbons (Fsp3) is 0.750. The molecule has 0 radical (unpaired) electrons. The van der Waals surface area contributed by atoms with E-state index in [1.807, 2.05) is 0 Å². The maximum Gasteiger partial charge on any atom is 0.124 e. The molecule has 254 valence electrons. The van der Waals surface area contributed by atoms with Gasteiger partial charge in [-0.15, -0.1) is 0 Å². The summed E-state index contributed by atoms with van der Waals surface area (Å²) in [5.41, 5.74) is -1.45. The zero-order valence-electron chi connectivity index (χ0n) is 29.3. The first-order valence-electron chi connectivity index (χ1n) is 16.0. The van der Waals surface area contributed by atoms with Crippen molar-refractivity contribution in [2.24, 2.45) is 0 Å². The van der Waals surface area contributed by atoms with Crippen LogP contribution in [0.3, 0.4) is 0 Å². The topological polar surface area (TPSA) is 137 Å². The van der Waals surface area contributed by atoms with Crippen LogP contribution in [0.15, 0.2) is 23.1 Å². The Balaban J connectivity index is -0.000000519. The highest BCUT2D eigenvalue weighted by atomic mass is 32.2. The summed E-state index contributed by atoms with van der Waals surface area (Å²) in [6, 6.07) is 1.67. The predicted molar refractivity (Wildman–Crippen MR) is 190 cm³/mol. The number of benzene rings is 1. The first-order valence-corrected chi connectivity index (χ1v) is 25.0. The van der Waals surface area contributed by atoms with Crippen molar-refractivity contribution >= 4 is 43.8 Å². The van der Waals surface area contributed by atoms with Crippen molar-refractivity contribution in [1.82, 2.24) is 0 Å². The van der Waals surface area contributed by atoms with Crippen molar-refractivity contribution in [3.8, 4) is 0 Å². The summed E-state index contributed by atoms with van der Waals surface area (Å²) in [5, 5.41) is 20.9. The normalized spacial score (nSPS) is 11.7. The number of rotatable bonds is 15. The van der Waals surface area contributed by atoms with Crippen molar-refractivity contribution in [1.29, 1.82) is 0 Å². The van der Waals surface area contributed by atoms with E-state index < -0.39 is 59.9 Å². The van der Waals surface area contributed by atoms with Crippen LogP contribution in [0.2, 0.25) is 0 Å². The summed E-state index contributed by atoms with van der Waals surface area (Å²) in [6.07, 6.45) is 17.5. The number of carbonyl (C=O) groups excluding carboxylic acids is 2. The molecule has 0 aliphatic carbocycles. The van der Waals surface area contributed by atoms with Gasteiger partial charge in [0.15, 0.2) is 0 Å². The van der Waals surface area contributed by atoms with Gasteiger partial charge in [-0.2, -0.15) is 0 Å². The van der Waals surface area contributed by atoms with Crippen LogP contribution in [0.1, 0.15) is 104 Å². The monoisotopic (exact) mass is 684 g/mol. The van der Waals surface area contributed by atoms with Crippen molar-refractivity contribution in [2.45, 2.75) is 88.0 Å². The Kier molecular flexibility index (Phi) is 25.7. The summed E-state index contributed by atoms with van der Waals surface area (Å²) < 4.78 is 31.8. The molecule has 1 rings (SSSR count). The number of carboxylic acid groups (broad SMARTS) is 2. The average Bonchev–Trinajstić information content (AvgIpc) is 3.02. The second kappa shape index (κ2) is 23.7. The van der Waals surface area contributed by atoms with Gasteiger partial charge in [-0.05, 0) is 112 Å². The molecule has 0 aromatic heterocycles. The third kappa shape index (κ3) is 17.0. The lowest BCUT2D eigenvalue weighted by molar-refractivity contribution is -0.255. The predicted octanol–water partition coefficient (Wildman–Crippen LogP) is 6.57. The van der Waals surface area contributed by atoms with E-state index in [4.69, 9.17) is 0 Å². The smallest absolute Gasteiger partial charge is 0.124 e. The lowest BCUT2D eigenvalue weighted by Crippen LogP contribution is -2.26. The molecule has 43 heavy (non-hydrogen) atoms. The Hall–Kier alpha value is -0.640. The van der Waals surface area contributed by atoms with Crippen LogP contribution in [-0.2, 0) is 10.1 Å². The molecule has 0 aliphatic rings. The highest BCUT2D eigenvalue weighted by Gasteiger charge is 2.29. The summed E-state index contributed by atoms with van der Waals surface area (Å²) in [7, 11) is -6.21. The van der Waals surface area contributed by atoms with Crippen molar-refractivity contribution in [3.63, 3.8) is 0 Å². The van der Waals surface area contributed by atoms with E-state index in [2.05, 4.69) is 83.1 Å². The maximum atomic E-state index is 10.6. The van der Waals surface area contributed by atoms with E-state index in [-0.39, 0.29) is 0 Å². The Labute approximate surface area is 267 Å². The average molecular weight is 685 g/mol. The van der Waals surface area contributed by atoms with E-state index in [1.54, 1.807) is 0 Å². The molecule has 0 fully saturated rings. The van der Waals surface area contributed by atoms with Crippen molar-refractivity contribution in [3.05, 3.63) is 29.3 Å². The zero-order chi connectivity index (χ0) is 34.5. The molecule has 11 heteroatoms. The third-order valence-electron chi connectivity index (χ3n) is 9.72. The molecule has 0 aliphatic heterocycles. The van der Waals surface area contributed by atoms with Gasteiger partial charge in [-0.25, -0.2) is 8.42 Å². The SMILES string of the molecule is CC[P+](CC)(CC)CC.CC[P+](CC)(CC)CC.CC[P+](CC)(CC)CC.O=C([O-])c1cc(C(=O)[O-])cc(S(=O)(=O)[O-])c1. The van der Waals surface area contributed by atoms with Gasteiger partial charge in [0.05, 0.1) is 90.8 Å². The molecule has 0 saturated heterocycles. The zero-order valence-corrected chi connectivity index (χ0v) is 32.8. The second-order valence-electron chi connectivity index (χ2n) is 10.6. The Morgan fingerprint density at radius 2 is 0.674 bits per heavy atom. The van der Waals surface area contributed by atoms with Crippen LogP contribution in [0.4, 0.5) is 0 Å². The molecule has 0 bridgehead atoms. The summed E-state index contributed by atoms with van der Waals surface area (Å²) in [5.74, 6) is -3.60. The standard InChI is InChI=1S/C8H6O7S.3C8H20P/c9-7(10)4-1-5(8(11)12)3-6(2-4)16(13,14)15;3*1-5-9(6-2,7-3)8-4/h1-3H,(H,9,10)(H,11,12)(H,13,14,15);3*5-8H2,1-4H3/q;3*+1/p-3. The molecule has 0 atom stereocenters. The quantitative estimate of drug-likeness (QED) is 0.151. The van der Waals surface area contributed by atoms with Crippen LogP contribution < -0.4 is 10.2 Å². The van der Waals surface area contributed by atoms with Crippen LogP contribution >= 0.6 is 21.8 Å². The highest BCUT2D eigenvalue weighted by Crippen LogP contribution is 2.58. The first-order chi connectivity index (χ1) is 19.9. The summed E-state index contributed by atoms with van der Waals surface area (Å²) in [6.45, 7) is 28.2. The Bertz CT molecular complexity index is 885. The minimum Gasteiger partial charge on any atom is -0.744 e. The van der Waals surface area contributed by atoms with Crippen LogP contribution in [0, 0.1) is 0 Å². The van der Waals surface area contributed by atoms with E-state index in [0.717, 1.165) is 0 Å². The number of carbonyl (C=O) groups is 2.